The number of hydrogen-bond donors (Lipinski definition) is 1. The van der Waals surface area contributed by atoms with Crippen LogP contribution in [0.2, 0.25) is 0 Å². The van der Waals surface area contributed by atoms with Crippen LogP contribution in [0.15, 0.2) is 0 Å². The Labute approximate surface area is 84.5 Å². The molecule has 0 aliphatic rings. The molecule has 5 nitrogen and oxygen atoms in total. The van der Waals surface area contributed by atoms with Gasteiger partial charge in [-0.15, -0.1) is 0 Å². The van der Waals surface area contributed by atoms with Crippen LogP contribution in [0.1, 0.15) is 27.2 Å². The molecule has 0 aromatic rings. The molecule has 84 valence electrons. The molecule has 0 aliphatic carbocycles. The lowest BCUT2D eigenvalue weighted by Crippen LogP contribution is -2.51. The molecule has 1 amide bonds. The van der Waals surface area contributed by atoms with Crippen LogP contribution >= 0.6 is 0 Å². The summed E-state index contributed by atoms with van der Waals surface area (Å²) in [4.78, 5) is 11.2. The number of primary amides is 1. The van der Waals surface area contributed by atoms with Gasteiger partial charge in [0.1, 0.15) is 0 Å². The van der Waals surface area contributed by atoms with E-state index >= 15 is 0 Å². The van der Waals surface area contributed by atoms with E-state index in [1.807, 2.05) is 6.92 Å². The molecule has 0 unspecified atom stereocenters. The van der Waals surface area contributed by atoms with Crippen LogP contribution in [0.5, 0.6) is 0 Å². The average molecular weight is 205 g/mol. The van der Waals surface area contributed by atoms with Crippen LogP contribution in [0.4, 0.5) is 0 Å². The molecular weight excluding hydrogens is 186 g/mol. The topological polar surface area (TPSA) is 70.8 Å². The lowest BCUT2D eigenvalue weighted by Gasteiger charge is -2.28. The van der Waals surface area contributed by atoms with Crippen molar-refractivity contribution in [3.8, 4) is 0 Å². The predicted molar refractivity (Wildman–Crippen MR) is 51.4 cm³/mol. The average Bonchev–Trinajstić information content (AvgIpc) is 2.14. The van der Waals surface area contributed by atoms with Gasteiger partial charge in [-0.25, -0.2) is 0 Å². The van der Waals surface area contributed by atoms with Gasteiger partial charge in [-0.05, 0) is 20.3 Å². The van der Waals surface area contributed by atoms with Crippen LogP contribution in [-0.2, 0) is 19.0 Å². The molecule has 0 atom stereocenters. The van der Waals surface area contributed by atoms with Gasteiger partial charge in [-0.1, -0.05) is 6.92 Å². The molecule has 0 spiro atoms. The van der Waals surface area contributed by atoms with Crippen molar-refractivity contribution < 1.29 is 19.0 Å². The van der Waals surface area contributed by atoms with Crippen molar-refractivity contribution in [2.24, 2.45) is 5.73 Å². The van der Waals surface area contributed by atoms with Gasteiger partial charge in [0.15, 0.2) is 0 Å². The number of ether oxygens (including phenoxy) is 3. The van der Waals surface area contributed by atoms with Crippen molar-refractivity contribution >= 4 is 5.91 Å². The zero-order chi connectivity index (χ0) is 11.0. The van der Waals surface area contributed by atoms with Crippen molar-refractivity contribution in [1.82, 2.24) is 0 Å². The first-order chi connectivity index (χ1) is 6.63. The summed E-state index contributed by atoms with van der Waals surface area (Å²) in [6.07, 6.45) is 0.759. The number of carbonyl (C=O) groups is 1. The highest BCUT2D eigenvalue weighted by atomic mass is 16.9. The second-order valence-electron chi connectivity index (χ2n) is 2.63. The highest BCUT2D eigenvalue weighted by molar-refractivity contribution is 5.80. The summed E-state index contributed by atoms with van der Waals surface area (Å²) in [5.74, 6) is -2.46. The second kappa shape index (κ2) is 6.75. The maximum absolute atomic E-state index is 11.2. The minimum absolute atomic E-state index is 0.298. The Balaban J connectivity index is 4.46. The van der Waals surface area contributed by atoms with Gasteiger partial charge < -0.3 is 19.9 Å². The number of carbonyl (C=O) groups excluding carboxylic acids is 1. The summed E-state index contributed by atoms with van der Waals surface area (Å²) in [6.45, 7) is 6.37. The third-order valence-electron chi connectivity index (χ3n) is 1.47. The van der Waals surface area contributed by atoms with E-state index in [1.54, 1.807) is 13.8 Å². The molecule has 2 N–H and O–H groups in total. The van der Waals surface area contributed by atoms with Crippen LogP contribution in [-0.4, -0.2) is 31.7 Å². The molecule has 0 saturated heterocycles. The summed E-state index contributed by atoms with van der Waals surface area (Å²) in [7, 11) is 0. The van der Waals surface area contributed by atoms with E-state index in [4.69, 9.17) is 19.9 Å². The van der Waals surface area contributed by atoms with E-state index in [9.17, 15) is 4.79 Å². The van der Waals surface area contributed by atoms with Gasteiger partial charge in [0.25, 0.3) is 0 Å². The first kappa shape index (κ1) is 13.4. The molecule has 0 radical (unpaired) electrons. The molecule has 5 heteroatoms. The number of amides is 1. The normalized spacial score (nSPS) is 11.6. The third kappa shape index (κ3) is 3.61. The Morgan fingerprint density at radius 1 is 1.14 bits per heavy atom. The molecule has 0 heterocycles. The van der Waals surface area contributed by atoms with Gasteiger partial charge in [0.05, 0.1) is 19.8 Å². The predicted octanol–water partition coefficient (Wildman–Crippen LogP) is 0.625. The van der Waals surface area contributed by atoms with Crippen molar-refractivity contribution in [1.29, 1.82) is 0 Å². The number of nitrogens with two attached hydrogens (primary N) is 1. The fourth-order valence-corrected chi connectivity index (χ4v) is 0.955. The van der Waals surface area contributed by atoms with Crippen molar-refractivity contribution in [2.75, 3.05) is 19.8 Å². The Hall–Kier alpha value is -0.650. The van der Waals surface area contributed by atoms with Crippen molar-refractivity contribution in [3.63, 3.8) is 0 Å². The standard InChI is InChI=1S/C9H19NO4/c1-4-7-14-9(8(10)11,12-5-2)13-6-3/h4-7H2,1-3H3,(H2,10,11). The Morgan fingerprint density at radius 3 is 1.93 bits per heavy atom. The van der Waals surface area contributed by atoms with E-state index < -0.39 is 11.9 Å². The lowest BCUT2D eigenvalue weighted by atomic mass is 10.4. The molecule has 0 aromatic carbocycles. The van der Waals surface area contributed by atoms with Crippen LogP contribution in [0.3, 0.4) is 0 Å². The van der Waals surface area contributed by atoms with Crippen LogP contribution in [0.25, 0.3) is 0 Å². The first-order valence-electron chi connectivity index (χ1n) is 4.84. The summed E-state index contributed by atoms with van der Waals surface area (Å²) in [5, 5.41) is 0. The van der Waals surface area contributed by atoms with E-state index in [1.165, 1.54) is 0 Å². The van der Waals surface area contributed by atoms with Crippen LogP contribution < -0.4 is 5.73 Å². The monoisotopic (exact) mass is 205 g/mol. The lowest BCUT2D eigenvalue weighted by molar-refractivity contribution is -0.350. The fourth-order valence-electron chi connectivity index (χ4n) is 0.955. The van der Waals surface area contributed by atoms with Gasteiger partial charge in [0, 0.05) is 0 Å². The number of rotatable bonds is 8. The third-order valence-corrected chi connectivity index (χ3v) is 1.47. The zero-order valence-corrected chi connectivity index (χ0v) is 9.04. The minimum atomic E-state index is -1.71. The summed E-state index contributed by atoms with van der Waals surface area (Å²) < 4.78 is 15.4. The molecule has 0 rings (SSSR count). The highest BCUT2D eigenvalue weighted by Gasteiger charge is 2.40. The Kier molecular flexibility index (Phi) is 6.44. The minimum Gasteiger partial charge on any atom is -0.363 e. The van der Waals surface area contributed by atoms with Gasteiger partial charge in [-0.2, -0.15) is 0 Å². The van der Waals surface area contributed by atoms with Crippen molar-refractivity contribution in [2.45, 2.75) is 33.2 Å². The highest BCUT2D eigenvalue weighted by Crippen LogP contribution is 2.15. The molecule has 14 heavy (non-hydrogen) atoms. The Morgan fingerprint density at radius 2 is 1.64 bits per heavy atom. The Bertz CT molecular complexity index is 166. The molecule has 0 saturated carbocycles. The molecule has 0 aliphatic heterocycles. The van der Waals surface area contributed by atoms with Gasteiger partial charge in [-0.3, -0.25) is 4.79 Å². The van der Waals surface area contributed by atoms with E-state index in [-0.39, 0.29) is 0 Å². The van der Waals surface area contributed by atoms with E-state index in [0.29, 0.717) is 19.8 Å². The summed E-state index contributed by atoms with van der Waals surface area (Å²) in [6, 6.07) is 0. The molecule has 0 aromatic heterocycles. The van der Waals surface area contributed by atoms with E-state index in [0.717, 1.165) is 6.42 Å². The zero-order valence-electron chi connectivity index (χ0n) is 9.04. The van der Waals surface area contributed by atoms with Crippen LogP contribution in [0, 0.1) is 0 Å². The largest absolute Gasteiger partial charge is 0.367 e. The SMILES string of the molecule is CCCOC(OCC)(OCC)C(N)=O. The van der Waals surface area contributed by atoms with Gasteiger partial charge >= 0.3 is 11.9 Å². The maximum Gasteiger partial charge on any atom is 0.367 e. The second-order valence-corrected chi connectivity index (χ2v) is 2.63. The molecular formula is C9H19NO4. The quantitative estimate of drug-likeness (QED) is 0.590. The first-order valence-corrected chi connectivity index (χ1v) is 4.84. The number of hydrogen-bond acceptors (Lipinski definition) is 4. The van der Waals surface area contributed by atoms with Crippen molar-refractivity contribution in [3.05, 3.63) is 0 Å². The summed E-state index contributed by atoms with van der Waals surface area (Å²) >= 11 is 0. The molecule has 0 fully saturated rings. The van der Waals surface area contributed by atoms with Gasteiger partial charge in [0.2, 0.25) is 0 Å². The maximum atomic E-state index is 11.2. The fraction of sp³-hybridized carbons (Fsp3) is 0.889. The summed E-state index contributed by atoms with van der Waals surface area (Å²) in [5.41, 5.74) is 5.17. The molecule has 0 bridgehead atoms. The van der Waals surface area contributed by atoms with E-state index in [2.05, 4.69) is 0 Å². The smallest absolute Gasteiger partial charge is 0.363 e.